The molecule has 0 saturated heterocycles. The summed E-state index contributed by atoms with van der Waals surface area (Å²) in [5, 5.41) is 0.328. The monoisotopic (exact) mass is 379 g/mol. The number of hydrogen-bond acceptors (Lipinski definition) is 2. The Hall–Kier alpha value is -2.54. The smallest absolute Gasteiger partial charge is 0.334 e. The van der Waals surface area contributed by atoms with Gasteiger partial charge in [-0.05, 0) is 29.7 Å². The number of aromatic nitrogens is 2. The van der Waals surface area contributed by atoms with E-state index in [9.17, 15) is 18.0 Å². The van der Waals surface area contributed by atoms with Crippen molar-refractivity contribution in [2.45, 2.75) is 18.6 Å². The zero-order valence-corrected chi connectivity index (χ0v) is 14.1. The Bertz CT molecular complexity index is 999. The van der Waals surface area contributed by atoms with Gasteiger partial charge in [0.2, 0.25) is 0 Å². The van der Waals surface area contributed by atoms with Gasteiger partial charge in [-0.3, -0.25) is 4.79 Å². The number of imidazole rings is 1. The highest BCUT2D eigenvalue weighted by Crippen LogP contribution is 2.42. The van der Waals surface area contributed by atoms with Crippen LogP contribution >= 0.6 is 11.6 Å². The number of para-hydroxylation sites is 1. The van der Waals surface area contributed by atoms with Gasteiger partial charge in [0.25, 0.3) is 5.91 Å². The highest BCUT2D eigenvalue weighted by Gasteiger charge is 2.49. The second kappa shape index (κ2) is 6.02. The Morgan fingerprint density at radius 3 is 2.69 bits per heavy atom. The van der Waals surface area contributed by atoms with E-state index in [1.165, 1.54) is 6.07 Å². The van der Waals surface area contributed by atoms with Crippen LogP contribution in [0.3, 0.4) is 0 Å². The third kappa shape index (κ3) is 2.72. The maximum Gasteiger partial charge on any atom is 0.413 e. The van der Waals surface area contributed by atoms with Gasteiger partial charge < -0.3 is 9.88 Å². The van der Waals surface area contributed by atoms with Gasteiger partial charge in [-0.25, -0.2) is 4.98 Å². The normalized spacial score (nSPS) is 17.4. The molecule has 1 atom stereocenters. The third-order valence-corrected chi connectivity index (χ3v) is 4.83. The van der Waals surface area contributed by atoms with Gasteiger partial charge in [0.15, 0.2) is 11.9 Å². The molecule has 1 unspecified atom stereocenters. The summed E-state index contributed by atoms with van der Waals surface area (Å²) in [6.07, 6.45) is -4.23. The van der Waals surface area contributed by atoms with E-state index in [-0.39, 0.29) is 17.9 Å². The SMILES string of the molecule is O=C(c1nc2c(Cl)cccc2[nH]1)N1CCc2ccccc2C1C(F)(F)F. The molecule has 1 amide bonds. The number of H-pyrrole nitrogens is 1. The number of rotatable bonds is 1. The van der Waals surface area contributed by atoms with Crippen LogP contribution in [0.4, 0.5) is 13.2 Å². The van der Waals surface area contributed by atoms with Crippen LogP contribution in [0.15, 0.2) is 42.5 Å². The molecular weight excluding hydrogens is 367 g/mol. The first-order chi connectivity index (χ1) is 12.4. The van der Waals surface area contributed by atoms with Crippen LogP contribution in [-0.2, 0) is 6.42 Å². The Balaban J connectivity index is 1.77. The number of hydrogen-bond donors (Lipinski definition) is 1. The van der Waals surface area contributed by atoms with E-state index in [2.05, 4.69) is 9.97 Å². The number of halogens is 4. The predicted octanol–water partition coefficient (Wildman–Crippen LogP) is 4.52. The topological polar surface area (TPSA) is 49.0 Å². The molecule has 0 fully saturated rings. The fraction of sp³-hybridized carbons (Fsp3) is 0.222. The molecule has 1 N–H and O–H groups in total. The molecule has 2 aromatic carbocycles. The zero-order valence-electron chi connectivity index (χ0n) is 13.3. The molecule has 4 rings (SSSR count). The molecular formula is C18H13ClF3N3O. The number of amides is 1. The van der Waals surface area contributed by atoms with Crippen LogP contribution in [0, 0.1) is 0 Å². The lowest BCUT2D eigenvalue weighted by molar-refractivity contribution is -0.181. The van der Waals surface area contributed by atoms with Crippen molar-refractivity contribution in [1.82, 2.24) is 14.9 Å². The van der Waals surface area contributed by atoms with Gasteiger partial charge in [-0.1, -0.05) is 41.9 Å². The van der Waals surface area contributed by atoms with E-state index in [1.54, 1.807) is 36.4 Å². The molecule has 4 nitrogen and oxygen atoms in total. The first-order valence-electron chi connectivity index (χ1n) is 7.96. The largest absolute Gasteiger partial charge is 0.413 e. The number of carbonyl (C=O) groups excluding carboxylic acids is 1. The van der Waals surface area contributed by atoms with E-state index in [0.717, 1.165) is 4.90 Å². The molecule has 0 saturated carbocycles. The van der Waals surface area contributed by atoms with Gasteiger partial charge in [0.1, 0.15) is 5.52 Å². The van der Waals surface area contributed by atoms with E-state index >= 15 is 0 Å². The molecule has 2 heterocycles. The highest BCUT2D eigenvalue weighted by atomic mass is 35.5. The maximum atomic E-state index is 13.8. The van der Waals surface area contributed by atoms with Crippen molar-refractivity contribution < 1.29 is 18.0 Å². The van der Waals surface area contributed by atoms with Gasteiger partial charge >= 0.3 is 6.18 Å². The Morgan fingerprint density at radius 1 is 1.19 bits per heavy atom. The van der Waals surface area contributed by atoms with Gasteiger partial charge in [-0.2, -0.15) is 13.2 Å². The van der Waals surface area contributed by atoms with Crippen molar-refractivity contribution in [3.8, 4) is 0 Å². The molecule has 0 bridgehead atoms. The predicted molar refractivity (Wildman–Crippen MR) is 91.1 cm³/mol. The van der Waals surface area contributed by atoms with E-state index < -0.39 is 18.1 Å². The average Bonchev–Trinajstić information content (AvgIpc) is 3.05. The van der Waals surface area contributed by atoms with Gasteiger partial charge in [0, 0.05) is 6.54 Å². The summed E-state index contributed by atoms with van der Waals surface area (Å²) in [7, 11) is 0. The minimum atomic E-state index is -4.59. The number of benzene rings is 2. The summed E-state index contributed by atoms with van der Waals surface area (Å²) in [5.74, 6) is -0.948. The molecule has 0 aliphatic carbocycles. The lowest BCUT2D eigenvalue weighted by Crippen LogP contribution is -2.46. The van der Waals surface area contributed by atoms with Crippen molar-refractivity contribution in [2.24, 2.45) is 0 Å². The average molecular weight is 380 g/mol. The fourth-order valence-electron chi connectivity index (χ4n) is 3.37. The first kappa shape index (κ1) is 16.9. The number of alkyl halides is 3. The molecule has 1 aromatic heterocycles. The second-order valence-electron chi connectivity index (χ2n) is 6.11. The first-order valence-corrected chi connectivity index (χ1v) is 8.34. The van der Waals surface area contributed by atoms with Crippen molar-refractivity contribution in [2.75, 3.05) is 6.54 Å². The van der Waals surface area contributed by atoms with Gasteiger partial charge in [-0.15, -0.1) is 0 Å². The van der Waals surface area contributed by atoms with Crippen molar-refractivity contribution >= 4 is 28.5 Å². The van der Waals surface area contributed by atoms with Crippen LogP contribution in [0.5, 0.6) is 0 Å². The summed E-state index contributed by atoms with van der Waals surface area (Å²) in [6.45, 7) is -0.0369. The van der Waals surface area contributed by atoms with Gasteiger partial charge in [0.05, 0.1) is 10.5 Å². The summed E-state index contributed by atoms with van der Waals surface area (Å²) >= 11 is 6.04. The maximum absolute atomic E-state index is 13.8. The second-order valence-corrected chi connectivity index (χ2v) is 6.52. The van der Waals surface area contributed by atoms with E-state index in [4.69, 9.17) is 11.6 Å². The molecule has 1 aliphatic rings. The van der Waals surface area contributed by atoms with Crippen LogP contribution in [-0.4, -0.2) is 33.5 Å². The van der Waals surface area contributed by atoms with Crippen LogP contribution in [0.25, 0.3) is 11.0 Å². The molecule has 0 radical (unpaired) electrons. The Morgan fingerprint density at radius 2 is 1.96 bits per heavy atom. The number of carbonyl (C=O) groups is 1. The molecule has 134 valence electrons. The van der Waals surface area contributed by atoms with Crippen molar-refractivity contribution in [3.63, 3.8) is 0 Å². The van der Waals surface area contributed by atoms with Crippen molar-refractivity contribution in [3.05, 3.63) is 64.4 Å². The third-order valence-electron chi connectivity index (χ3n) is 4.52. The molecule has 26 heavy (non-hydrogen) atoms. The molecule has 8 heteroatoms. The van der Waals surface area contributed by atoms with Crippen LogP contribution in [0.2, 0.25) is 5.02 Å². The Kier molecular flexibility index (Phi) is 3.91. The molecule has 0 spiro atoms. The van der Waals surface area contributed by atoms with Crippen LogP contribution in [0.1, 0.15) is 27.8 Å². The minimum absolute atomic E-state index is 0.0369. The zero-order chi connectivity index (χ0) is 18.5. The number of aromatic amines is 1. The highest BCUT2D eigenvalue weighted by molar-refractivity contribution is 6.35. The lowest BCUT2D eigenvalue weighted by atomic mass is 9.92. The van der Waals surface area contributed by atoms with Crippen molar-refractivity contribution in [1.29, 1.82) is 0 Å². The summed E-state index contributed by atoms with van der Waals surface area (Å²) in [6, 6.07) is 9.28. The quantitative estimate of drug-likeness (QED) is 0.676. The Labute approximate surface area is 151 Å². The van der Waals surface area contributed by atoms with Crippen LogP contribution < -0.4 is 0 Å². The summed E-state index contributed by atoms with van der Waals surface area (Å²) < 4.78 is 41.3. The van der Waals surface area contributed by atoms with E-state index in [1.807, 2.05) is 0 Å². The molecule has 3 aromatic rings. The summed E-state index contributed by atoms with van der Waals surface area (Å²) in [5.41, 5.74) is 1.57. The number of fused-ring (bicyclic) bond motifs is 2. The summed E-state index contributed by atoms with van der Waals surface area (Å²) in [4.78, 5) is 20.6. The fourth-order valence-corrected chi connectivity index (χ4v) is 3.59. The minimum Gasteiger partial charge on any atom is -0.334 e. The number of nitrogens with zero attached hydrogens (tertiary/aromatic N) is 2. The standard InChI is InChI=1S/C18H13ClF3N3O/c19-12-6-3-7-13-14(12)24-16(23-13)17(26)25-9-8-10-4-1-2-5-11(10)15(25)18(20,21)22/h1-7,15H,8-9H2,(H,23,24). The number of nitrogens with one attached hydrogen (secondary N) is 1. The van der Waals surface area contributed by atoms with E-state index in [0.29, 0.717) is 28.0 Å². The molecule has 1 aliphatic heterocycles. The lowest BCUT2D eigenvalue weighted by Gasteiger charge is -2.37.